The molecule has 0 spiro atoms. The SMILES string of the molecule is COC(=O)Nc1cscn1. The number of hydrogen-bond donors (Lipinski definition) is 1. The first kappa shape index (κ1) is 7.01. The summed E-state index contributed by atoms with van der Waals surface area (Å²) in [5.41, 5.74) is 1.63. The van der Waals surface area contributed by atoms with E-state index in [1.165, 1.54) is 18.4 Å². The Balaban J connectivity index is 2.48. The molecule has 0 aromatic carbocycles. The summed E-state index contributed by atoms with van der Waals surface area (Å²) < 4.78 is 4.34. The Bertz CT molecular complexity index is 209. The van der Waals surface area contributed by atoms with Crippen molar-refractivity contribution >= 4 is 23.2 Å². The number of thiazole rings is 1. The molecule has 54 valence electrons. The maximum atomic E-state index is 10.5. The Kier molecular flexibility index (Phi) is 2.22. The predicted molar refractivity (Wildman–Crippen MR) is 38.1 cm³/mol. The summed E-state index contributed by atoms with van der Waals surface area (Å²) in [5.74, 6) is 0.525. The first-order valence-electron chi connectivity index (χ1n) is 2.56. The molecule has 0 aliphatic rings. The minimum Gasteiger partial charge on any atom is -0.453 e. The van der Waals surface area contributed by atoms with Crippen LogP contribution in [0, 0.1) is 0 Å². The number of amides is 1. The molecule has 0 fully saturated rings. The second-order valence-electron chi connectivity index (χ2n) is 1.49. The predicted octanol–water partition coefficient (Wildman–Crippen LogP) is 1.32. The Morgan fingerprint density at radius 1 is 1.90 bits per heavy atom. The van der Waals surface area contributed by atoms with Gasteiger partial charge >= 0.3 is 6.09 Å². The van der Waals surface area contributed by atoms with E-state index < -0.39 is 6.09 Å². The molecule has 4 nitrogen and oxygen atoms in total. The van der Waals surface area contributed by atoms with E-state index in [-0.39, 0.29) is 0 Å². The van der Waals surface area contributed by atoms with E-state index >= 15 is 0 Å². The highest BCUT2D eigenvalue weighted by molar-refractivity contribution is 7.07. The van der Waals surface area contributed by atoms with Gasteiger partial charge in [-0.15, -0.1) is 11.3 Å². The molecule has 5 heteroatoms. The van der Waals surface area contributed by atoms with Gasteiger partial charge in [0.05, 0.1) is 12.6 Å². The van der Waals surface area contributed by atoms with Crippen LogP contribution in [-0.4, -0.2) is 18.2 Å². The maximum Gasteiger partial charge on any atom is 0.412 e. The average molecular weight is 158 g/mol. The van der Waals surface area contributed by atoms with E-state index in [1.54, 1.807) is 10.9 Å². The fourth-order valence-electron chi connectivity index (χ4n) is 0.430. The van der Waals surface area contributed by atoms with E-state index in [9.17, 15) is 4.79 Å². The minimum atomic E-state index is -0.495. The van der Waals surface area contributed by atoms with Gasteiger partial charge < -0.3 is 4.74 Å². The highest BCUT2D eigenvalue weighted by atomic mass is 32.1. The lowest BCUT2D eigenvalue weighted by molar-refractivity contribution is 0.187. The van der Waals surface area contributed by atoms with Crippen LogP contribution < -0.4 is 5.32 Å². The lowest BCUT2D eigenvalue weighted by Crippen LogP contribution is -2.10. The van der Waals surface area contributed by atoms with Gasteiger partial charge in [0.15, 0.2) is 0 Å². The third-order valence-electron chi connectivity index (χ3n) is 0.848. The molecule has 1 aromatic rings. The van der Waals surface area contributed by atoms with Gasteiger partial charge in [-0.1, -0.05) is 0 Å². The topological polar surface area (TPSA) is 51.2 Å². The number of nitrogens with zero attached hydrogens (tertiary/aromatic N) is 1. The van der Waals surface area contributed by atoms with Crippen LogP contribution in [0.4, 0.5) is 10.6 Å². The van der Waals surface area contributed by atoms with Gasteiger partial charge in [0.25, 0.3) is 0 Å². The molecule has 0 saturated carbocycles. The zero-order valence-electron chi connectivity index (χ0n) is 5.33. The van der Waals surface area contributed by atoms with Gasteiger partial charge in [-0.2, -0.15) is 0 Å². The van der Waals surface area contributed by atoms with E-state index in [2.05, 4.69) is 15.0 Å². The summed E-state index contributed by atoms with van der Waals surface area (Å²) >= 11 is 1.41. The number of anilines is 1. The van der Waals surface area contributed by atoms with Gasteiger partial charge in [-0.25, -0.2) is 9.78 Å². The number of carbonyl (C=O) groups excluding carboxylic acids is 1. The molecule has 1 rings (SSSR count). The number of ether oxygens (including phenoxy) is 1. The molecule has 0 aliphatic heterocycles. The van der Waals surface area contributed by atoms with E-state index in [1.807, 2.05) is 0 Å². The Morgan fingerprint density at radius 2 is 2.70 bits per heavy atom. The van der Waals surface area contributed by atoms with E-state index in [0.717, 1.165) is 0 Å². The van der Waals surface area contributed by atoms with Crippen LogP contribution in [0.3, 0.4) is 0 Å². The van der Waals surface area contributed by atoms with Crippen LogP contribution in [-0.2, 0) is 4.74 Å². The summed E-state index contributed by atoms with van der Waals surface area (Å²) in [6, 6.07) is 0. The van der Waals surface area contributed by atoms with Gasteiger partial charge in [0, 0.05) is 5.38 Å². The highest BCUT2D eigenvalue weighted by Gasteiger charge is 1.99. The van der Waals surface area contributed by atoms with Crippen LogP contribution in [0.1, 0.15) is 0 Å². The van der Waals surface area contributed by atoms with Crippen molar-refractivity contribution in [2.75, 3.05) is 12.4 Å². The molecule has 1 heterocycles. The molecule has 10 heavy (non-hydrogen) atoms. The van der Waals surface area contributed by atoms with Crippen LogP contribution in [0.25, 0.3) is 0 Å². The molecule has 0 bridgehead atoms. The molecule has 1 amide bonds. The van der Waals surface area contributed by atoms with Gasteiger partial charge in [0.1, 0.15) is 5.82 Å². The van der Waals surface area contributed by atoms with Gasteiger partial charge in [0.2, 0.25) is 0 Å². The van der Waals surface area contributed by atoms with E-state index in [4.69, 9.17) is 0 Å². The van der Waals surface area contributed by atoms with Crippen LogP contribution in [0.5, 0.6) is 0 Å². The van der Waals surface area contributed by atoms with E-state index in [0.29, 0.717) is 5.82 Å². The Hall–Kier alpha value is -1.10. The van der Waals surface area contributed by atoms with Crippen molar-refractivity contribution in [3.05, 3.63) is 10.9 Å². The molecule has 0 radical (unpaired) electrons. The summed E-state index contributed by atoms with van der Waals surface area (Å²) in [5, 5.41) is 4.13. The number of methoxy groups -OCH3 is 1. The highest BCUT2D eigenvalue weighted by Crippen LogP contribution is 2.06. The van der Waals surface area contributed by atoms with Gasteiger partial charge in [-0.05, 0) is 0 Å². The quantitative estimate of drug-likeness (QED) is 0.670. The average Bonchev–Trinajstić information content (AvgIpc) is 2.40. The van der Waals surface area contributed by atoms with Crippen molar-refractivity contribution < 1.29 is 9.53 Å². The summed E-state index contributed by atoms with van der Waals surface area (Å²) in [7, 11) is 1.31. The summed E-state index contributed by atoms with van der Waals surface area (Å²) in [6.07, 6.45) is -0.495. The number of aromatic nitrogens is 1. The summed E-state index contributed by atoms with van der Waals surface area (Å²) in [6.45, 7) is 0. The van der Waals surface area contributed by atoms with Crippen molar-refractivity contribution in [1.82, 2.24) is 4.98 Å². The van der Waals surface area contributed by atoms with Crippen LogP contribution in [0.2, 0.25) is 0 Å². The lowest BCUT2D eigenvalue weighted by atomic mass is 10.8. The van der Waals surface area contributed by atoms with Crippen molar-refractivity contribution in [3.8, 4) is 0 Å². The molecular formula is C5H6N2O2S. The monoisotopic (exact) mass is 158 g/mol. The molecule has 0 unspecified atom stereocenters. The molecule has 1 N–H and O–H groups in total. The zero-order chi connectivity index (χ0) is 7.40. The van der Waals surface area contributed by atoms with Gasteiger partial charge in [-0.3, -0.25) is 5.32 Å². The van der Waals surface area contributed by atoms with Crippen molar-refractivity contribution in [2.24, 2.45) is 0 Å². The van der Waals surface area contributed by atoms with Crippen molar-refractivity contribution in [2.45, 2.75) is 0 Å². The third kappa shape index (κ3) is 1.70. The first-order valence-corrected chi connectivity index (χ1v) is 3.50. The molecular weight excluding hydrogens is 152 g/mol. The molecule has 0 saturated heterocycles. The smallest absolute Gasteiger partial charge is 0.412 e. The Labute approximate surface area is 61.8 Å². The number of rotatable bonds is 1. The van der Waals surface area contributed by atoms with Crippen molar-refractivity contribution in [3.63, 3.8) is 0 Å². The lowest BCUT2D eigenvalue weighted by Gasteiger charge is -1.96. The second-order valence-corrected chi connectivity index (χ2v) is 2.21. The number of nitrogens with one attached hydrogen (secondary N) is 1. The second kappa shape index (κ2) is 3.17. The van der Waals surface area contributed by atoms with Crippen LogP contribution >= 0.6 is 11.3 Å². The minimum absolute atomic E-state index is 0.495. The first-order chi connectivity index (χ1) is 4.83. The largest absolute Gasteiger partial charge is 0.453 e. The molecule has 0 atom stereocenters. The molecule has 1 aromatic heterocycles. The third-order valence-corrected chi connectivity index (χ3v) is 1.43. The number of hydrogen-bond acceptors (Lipinski definition) is 4. The van der Waals surface area contributed by atoms with Crippen molar-refractivity contribution in [1.29, 1.82) is 0 Å². The fourth-order valence-corrected chi connectivity index (χ4v) is 0.914. The Morgan fingerprint density at radius 3 is 3.20 bits per heavy atom. The van der Waals surface area contributed by atoms with Crippen LogP contribution in [0.15, 0.2) is 10.9 Å². The molecule has 0 aliphatic carbocycles. The summed E-state index contributed by atoms with van der Waals surface area (Å²) in [4.78, 5) is 14.3. The fraction of sp³-hybridized carbons (Fsp3) is 0.200. The zero-order valence-corrected chi connectivity index (χ0v) is 6.14. The number of carbonyl (C=O) groups is 1. The maximum absolute atomic E-state index is 10.5. The standard InChI is InChI=1S/C5H6N2O2S/c1-9-5(8)7-4-2-10-3-6-4/h2-3H,1H3,(H,7,8). The normalized spacial score (nSPS) is 8.90.